The van der Waals surface area contributed by atoms with E-state index in [0.717, 1.165) is 39.1 Å². The van der Waals surface area contributed by atoms with Crippen molar-refractivity contribution in [3.05, 3.63) is 82.3 Å². The molecule has 0 radical (unpaired) electrons. The Labute approximate surface area is 192 Å². The second-order valence-corrected chi connectivity index (χ2v) is 8.16. The minimum atomic E-state index is -0.295. The predicted molar refractivity (Wildman–Crippen MR) is 126 cm³/mol. The standard InChI is InChI=1S/C26H27FN4O2/c1-16-5-11-21(12-6-16)31-25-24(18(3)30-31)17(2)22(26(29-25)33-4)13-14-23(32)28-15-19-7-9-20(27)10-8-19/h5-12H,13-15H2,1-4H3,(H,28,32). The first-order valence-electron chi connectivity index (χ1n) is 10.9. The molecule has 0 atom stereocenters. The number of nitrogens with one attached hydrogen (secondary N) is 1. The van der Waals surface area contributed by atoms with E-state index in [2.05, 4.69) is 5.32 Å². The van der Waals surface area contributed by atoms with Gasteiger partial charge in [-0.25, -0.2) is 9.07 Å². The van der Waals surface area contributed by atoms with Gasteiger partial charge in [0.1, 0.15) is 5.82 Å². The van der Waals surface area contributed by atoms with Crippen LogP contribution in [0.25, 0.3) is 16.7 Å². The topological polar surface area (TPSA) is 69.0 Å². The Hall–Kier alpha value is -3.74. The number of rotatable bonds is 7. The highest BCUT2D eigenvalue weighted by atomic mass is 19.1. The van der Waals surface area contributed by atoms with Crippen molar-refractivity contribution in [3.8, 4) is 11.6 Å². The van der Waals surface area contributed by atoms with Crippen molar-refractivity contribution in [1.82, 2.24) is 20.1 Å². The number of aromatic nitrogens is 3. The number of carbonyl (C=O) groups is 1. The van der Waals surface area contributed by atoms with Gasteiger partial charge in [0.2, 0.25) is 11.8 Å². The highest BCUT2D eigenvalue weighted by Gasteiger charge is 2.20. The van der Waals surface area contributed by atoms with Crippen molar-refractivity contribution in [2.45, 2.75) is 40.2 Å². The van der Waals surface area contributed by atoms with Crippen LogP contribution in [0.5, 0.6) is 5.88 Å². The first-order valence-corrected chi connectivity index (χ1v) is 10.9. The maximum absolute atomic E-state index is 13.0. The Morgan fingerprint density at radius 1 is 1.06 bits per heavy atom. The number of amides is 1. The van der Waals surface area contributed by atoms with Crippen LogP contribution in [-0.4, -0.2) is 27.8 Å². The number of pyridine rings is 1. The van der Waals surface area contributed by atoms with E-state index in [0.29, 0.717) is 18.8 Å². The molecular formula is C26H27FN4O2. The molecule has 0 aliphatic carbocycles. The Bertz CT molecular complexity index is 1300. The predicted octanol–water partition coefficient (Wildman–Crippen LogP) is 4.74. The van der Waals surface area contributed by atoms with E-state index in [1.165, 1.54) is 17.7 Å². The summed E-state index contributed by atoms with van der Waals surface area (Å²) in [5.41, 5.74) is 6.47. The number of aryl methyl sites for hydroxylation is 3. The molecule has 1 amide bonds. The van der Waals surface area contributed by atoms with Gasteiger partial charge in [-0.2, -0.15) is 10.1 Å². The Morgan fingerprint density at radius 3 is 2.42 bits per heavy atom. The fourth-order valence-electron chi connectivity index (χ4n) is 3.99. The molecule has 6 nitrogen and oxygen atoms in total. The summed E-state index contributed by atoms with van der Waals surface area (Å²) in [5.74, 6) is 0.115. The Morgan fingerprint density at radius 2 is 1.76 bits per heavy atom. The normalized spacial score (nSPS) is 11.1. The van der Waals surface area contributed by atoms with Crippen LogP contribution in [0.4, 0.5) is 4.39 Å². The van der Waals surface area contributed by atoms with Crippen molar-refractivity contribution in [2.75, 3.05) is 7.11 Å². The summed E-state index contributed by atoms with van der Waals surface area (Å²) in [4.78, 5) is 17.2. The van der Waals surface area contributed by atoms with Gasteiger partial charge in [0.25, 0.3) is 0 Å². The van der Waals surface area contributed by atoms with E-state index in [1.807, 2.05) is 49.7 Å². The van der Waals surface area contributed by atoms with Crippen LogP contribution in [-0.2, 0) is 17.8 Å². The van der Waals surface area contributed by atoms with Crippen LogP contribution in [0.2, 0.25) is 0 Å². The summed E-state index contributed by atoms with van der Waals surface area (Å²) >= 11 is 0. The summed E-state index contributed by atoms with van der Waals surface area (Å²) in [6, 6.07) is 14.2. The molecule has 4 rings (SSSR count). The molecule has 2 heterocycles. The van der Waals surface area contributed by atoms with E-state index >= 15 is 0 Å². The maximum atomic E-state index is 13.0. The SMILES string of the molecule is COc1nc2c(c(C)nn2-c2ccc(C)cc2)c(C)c1CCC(=O)NCc1ccc(F)cc1. The lowest BCUT2D eigenvalue weighted by molar-refractivity contribution is -0.121. The van der Waals surface area contributed by atoms with Gasteiger partial charge in [-0.1, -0.05) is 29.8 Å². The van der Waals surface area contributed by atoms with Gasteiger partial charge in [0.05, 0.1) is 18.5 Å². The molecule has 2 aromatic carbocycles. The van der Waals surface area contributed by atoms with Crippen molar-refractivity contribution in [2.24, 2.45) is 0 Å². The zero-order chi connectivity index (χ0) is 23.5. The average molecular weight is 447 g/mol. The van der Waals surface area contributed by atoms with Crippen LogP contribution in [0, 0.1) is 26.6 Å². The second kappa shape index (κ2) is 9.40. The summed E-state index contributed by atoms with van der Waals surface area (Å²) in [6.45, 7) is 6.39. The molecule has 0 bridgehead atoms. The van der Waals surface area contributed by atoms with Gasteiger partial charge in [0.15, 0.2) is 5.65 Å². The first kappa shape index (κ1) is 22.5. The largest absolute Gasteiger partial charge is 0.481 e. The van der Waals surface area contributed by atoms with Gasteiger partial charge in [-0.05, 0) is 62.6 Å². The lowest BCUT2D eigenvalue weighted by Crippen LogP contribution is -2.23. The molecule has 0 spiro atoms. The zero-order valence-corrected chi connectivity index (χ0v) is 19.3. The molecule has 0 fully saturated rings. The minimum absolute atomic E-state index is 0.0899. The first-order chi connectivity index (χ1) is 15.9. The van der Waals surface area contributed by atoms with Crippen molar-refractivity contribution >= 4 is 16.9 Å². The fourth-order valence-corrected chi connectivity index (χ4v) is 3.99. The van der Waals surface area contributed by atoms with Crippen molar-refractivity contribution < 1.29 is 13.9 Å². The number of nitrogens with zero attached hydrogens (tertiary/aromatic N) is 3. The molecular weight excluding hydrogens is 419 g/mol. The minimum Gasteiger partial charge on any atom is -0.481 e. The van der Waals surface area contributed by atoms with Crippen molar-refractivity contribution in [3.63, 3.8) is 0 Å². The fraction of sp³-hybridized carbons (Fsp3) is 0.269. The molecule has 7 heteroatoms. The molecule has 4 aromatic rings. The third-order valence-corrected chi connectivity index (χ3v) is 5.81. The molecule has 170 valence electrons. The summed E-state index contributed by atoms with van der Waals surface area (Å²) in [7, 11) is 1.59. The number of carbonyl (C=O) groups excluding carboxylic acids is 1. The maximum Gasteiger partial charge on any atom is 0.220 e. The molecule has 0 saturated carbocycles. The van der Waals surface area contributed by atoms with Crippen molar-refractivity contribution in [1.29, 1.82) is 0 Å². The molecule has 1 N–H and O–H groups in total. The van der Waals surface area contributed by atoms with Gasteiger partial charge in [-0.3, -0.25) is 4.79 Å². The lowest BCUT2D eigenvalue weighted by atomic mass is 10.0. The van der Waals surface area contributed by atoms with E-state index in [1.54, 1.807) is 19.2 Å². The van der Waals surface area contributed by atoms with Gasteiger partial charge >= 0.3 is 0 Å². The number of methoxy groups -OCH3 is 1. The van der Waals surface area contributed by atoms with Crippen LogP contribution >= 0.6 is 0 Å². The number of hydrogen-bond acceptors (Lipinski definition) is 4. The van der Waals surface area contributed by atoms with Gasteiger partial charge in [-0.15, -0.1) is 0 Å². The number of benzene rings is 2. The zero-order valence-electron chi connectivity index (χ0n) is 19.3. The summed E-state index contributed by atoms with van der Waals surface area (Å²) < 4.78 is 20.5. The second-order valence-electron chi connectivity index (χ2n) is 8.16. The number of fused-ring (bicyclic) bond motifs is 1. The molecule has 0 saturated heterocycles. The Balaban J connectivity index is 1.57. The molecule has 0 unspecified atom stereocenters. The summed E-state index contributed by atoms with van der Waals surface area (Å²) in [5, 5.41) is 8.58. The molecule has 0 aliphatic rings. The van der Waals surface area contributed by atoms with E-state index in [4.69, 9.17) is 14.8 Å². The van der Waals surface area contributed by atoms with Crippen LogP contribution in [0.3, 0.4) is 0 Å². The highest BCUT2D eigenvalue weighted by Crippen LogP contribution is 2.31. The van der Waals surface area contributed by atoms with E-state index in [9.17, 15) is 9.18 Å². The lowest BCUT2D eigenvalue weighted by Gasteiger charge is -2.13. The smallest absolute Gasteiger partial charge is 0.220 e. The third-order valence-electron chi connectivity index (χ3n) is 5.81. The molecule has 2 aromatic heterocycles. The monoisotopic (exact) mass is 446 g/mol. The Kier molecular flexibility index (Phi) is 6.40. The third kappa shape index (κ3) is 4.72. The number of hydrogen-bond donors (Lipinski definition) is 1. The summed E-state index contributed by atoms with van der Waals surface area (Å²) in [6.07, 6.45) is 0.777. The van der Waals surface area contributed by atoms with E-state index in [-0.39, 0.29) is 18.1 Å². The van der Waals surface area contributed by atoms with Crippen LogP contribution < -0.4 is 10.1 Å². The van der Waals surface area contributed by atoms with Gasteiger partial charge in [0, 0.05) is 23.9 Å². The molecule has 33 heavy (non-hydrogen) atoms. The average Bonchev–Trinajstić information content (AvgIpc) is 3.14. The number of halogens is 1. The molecule has 0 aliphatic heterocycles. The van der Waals surface area contributed by atoms with Crippen LogP contribution in [0.1, 0.15) is 34.4 Å². The van der Waals surface area contributed by atoms with Gasteiger partial charge < -0.3 is 10.1 Å². The quantitative estimate of drug-likeness (QED) is 0.445. The highest BCUT2D eigenvalue weighted by molar-refractivity contribution is 5.86. The number of ether oxygens (including phenoxy) is 1. The van der Waals surface area contributed by atoms with Crippen LogP contribution in [0.15, 0.2) is 48.5 Å². The van der Waals surface area contributed by atoms with E-state index < -0.39 is 0 Å².